The number of fused-ring (bicyclic) bond motifs is 1. The molecule has 1 aliphatic rings. The summed E-state index contributed by atoms with van der Waals surface area (Å²) >= 11 is 0. The fourth-order valence-corrected chi connectivity index (χ4v) is 4.67. The highest BCUT2D eigenvalue weighted by atomic mass is 32.2. The maximum atomic E-state index is 11.4. The van der Waals surface area contributed by atoms with Crippen LogP contribution in [0.3, 0.4) is 0 Å². The number of benzene rings is 1. The first-order valence-electron chi connectivity index (χ1n) is 7.03. The lowest BCUT2D eigenvalue weighted by molar-refractivity contribution is 0.524. The summed E-state index contributed by atoms with van der Waals surface area (Å²) in [6.45, 7) is 3.79. The van der Waals surface area contributed by atoms with Crippen LogP contribution in [0.1, 0.15) is 12.0 Å². The van der Waals surface area contributed by atoms with Crippen LogP contribution in [0.15, 0.2) is 30.5 Å². The van der Waals surface area contributed by atoms with E-state index < -0.39 is 9.84 Å². The second-order valence-electron chi connectivity index (χ2n) is 5.58. The lowest BCUT2D eigenvalue weighted by Gasteiger charge is -2.11. The molecule has 1 saturated heterocycles. The van der Waals surface area contributed by atoms with Crippen molar-refractivity contribution < 1.29 is 8.42 Å². The molecule has 0 bridgehead atoms. The highest BCUT2D eigenvalue weighted by Gasteiger charge is 2.27. The minimum atomic E-state index is -2.79. The molecular weight excluding hydrogens is 272 g/mol. The van der Waals surface area contributed by atoms with Crippen LogP contribution < -0.4 is 5.32 Å². The van der Waals surface area contributed by atoms with Gasteiger partial charge in [-0.05, 0) is 25.0 Å². The molecule has 1 aromatic carbocycles. The van der Waals surface area contributed by atoms with Crippen LogP contribution in [0.4, 0.5) is 0 Å². The van der Waals surface area contributed by atoms with Crippen molar-refractivity contribution in [3.63, 3.8) is 0 Å². The van der Waals surface area contributed by atoms with E-state index in [1.54, 1.807) is 0 Å². The highest BCUT2D eigenvalue weighted by Crippen LogP contribution is 2.20. The molecule has 5 heteroatoms. The predicted octanol–water partition coefficient (Wildman–Crippen LogP) is 1.73. The molecule has 1 aliphatic heterocycles. The van der Waals surface area contributed by atoms with Gasteiger partial charge in [0.15, 0.2) is 9.84 Å². The van der Waals surface area contributed by atoms with Gasteiger partial charge in [-0.25, -0.2) is 8.42 Å². The number of aromatic nitrogens is 1. The number of sulfone groups is 1. The summed E-state index contributed by atoms with van der Waals surface area (Å²) in [5.41, 5.74) is 2.52. The van der Waals surface area contributed by atoms with E-state index in [-0.39, 0.29) is 6.04 Å². The van der Waals surface area contributed by atoms with Crippen molar-refractivity contribution in [3.8, 4) is 0 Å². The fraction of sp³-hybridized carbons (Fsp3) is 0.467. The molecule has 0 amide bonds. The third kappa shape index (κ3) is 2.74. The molecule has 20 heavy (non-hydrogen) atoms. The molecule has 2 aromatic rings. The third-order valence-electron chi connectivity index (χ3n) is 4.01. The molecule has 108 valence electrons. The van der Waals surface area contributed by atoms with E-state index in [2.05, 4.69) is 47.3 Å². The van der Waals surface area contributed by atoms with Crippen LogP contribution in [0, 0.1) is 6.92 Å². The largest absolute Gasteiger partial charge is 0.346 e. The summed E-state index contributed by atoms with van der Waals surface area (Å²) in [7, 11) is -2.79. The minimum Gasteiger partial charge on any atom is -0.346 e. The molecule has 1 aromatic heterocycles. The van der Waals surface area contributed by atoms with Crippen molar-refractivity contribution in [2.45, 2.75) is 25.9 Å². The monoisotopic (exact) mass is 292 g/mol. The Labute approximate surface area is 119 Å². The maximum Gasteiger partial charge on any atom is 0.151 e. The van der Waals surface area contributed by atoms with Crippen molar-refractivity contribution in [2.24, 2.45) is 0 Å². The highest BCUT2D eigenvalue weighted by molar-refractivity contribution is 7.91. The molecule has 0 saturated carbocycles. The Kier molecular flexibility index (Phi) is 3.56. The van der Waals surface area contributed by atoms with Gasteiger partial charge in [-0.15, -0.1) is 0 Å². The van der Waals surface area contributed by atoms with E-state index in [1.165, 1.54) is 16.5 Å². The molecule has 1 unspecified atom stereocenters. The zero-order chi connectivity index (χ0) is 14.2. The van der Waals surface area contributed by atoms with Gasteiger partial charge in [0, 0.05) is 36.2 Å². The first-order valence-corrected chi connectivity index (χ1v) is 8.85. The summed E-state index contributed by atoms with van der Waals surface area (Å²) in [5, 5.41) is 4.65. The number of nitrogens with zero attached hydrogens (tertiary/aromatic N) is 1. The maximum absolute atomic E-state index is 11.4. The molecule has 0 spiro atoms. The summed E-state index contributed by atoms with van der Waals surface area (Å²) in [6.07, 6.45) is 2.91. The summed E-state index contributed by atoms with van der Waals surface area (Å²) < 4.78 is 25.1. The van der Waals surface area contributed by atoms with E-state index in [0.717, 1.165) is 19.5 Å². The molecule has 1 N–H and O–H groups in total. The topological polar surface area (TPSA) is 51.1 Å². The van der Waals surface area contributed by atoms with Crippen LogP contribution in [0.25, 0.3) is 10.9 Å². The van der Waals surface area contributed by atoms with Gasteiger partial charge < -0.3 is 9.88 Å². The fourth-order valence-electron chi connectivity index (χ4n) is 2.96. The zero-order valence-electron chi connectivity index (χ0n) is 11.7. The Morgan fingerprint density at radius 2 is 2.15 bits per heavy atom. The van der Waals surface area contributed by atoms with E-state index in [0.29, 0.717) is 11.5 Å². The number of nitrogens with one attached hydrogen (secondary N) is 1. The Hall–Kier alpha value is -1.33. The first kappa shape index (κ1) is 13.6. The number of hydrogen-bond donors (Lipinski definition) is 1. The second kappa shape index (κ2) is 5.22. The van der Waals surface area contributed by atoms with Crippen LogP contribution >= 0.6 is 0 Å². The van der Waals surface area contributed by atoms with Crippen LogP contribution in [0.5, 0.6) is 0 Å². The number of para-hydroxylation sites is 1. The number of rotatable bonds is 4. The van der Waals surface area contributed by atoms with Crippen molar-refractivity contribution in [1.29, 1.82) is 0 Å². The molecule has 0 radical (unpaired) electrons. The van der Waals surface area contributed by atoms with E-state index in [4.69, 9.17) is 0 Å². The molecule has 3 rings (SSSR count). The molecule has 1 fully saturated rings. The van der Waals surface area contributed by atoms with Gasteiger partial charge in [0.2, 0.25) is 0 Å². The molecule has 2 heterocycles. The lowest BCUT2D eigenvalue weighted by atomic mass is 10.2. The van der Waals surface area contributed by atoms with Gasteiger partial charge in [-0.3, -0.25) is 0 Å². The van der Waals surface area contributed by atoms with E-state index >= 15 is 0 Å². The Morgan fingerprint density at radius 3 is 2.90 bits per heavy atom. The normalized spacial score (nSPS) is 21.6. The predicted molar refractivity (Wildman–Crippen MR) is 81.7 cm³/mol. The zero-order valence-corrected chi connectivity index (χ0v) is 12.5. The Bertz CT molecular complexity index is 719. The van der Waals surface area contributed by atoms with Crippen molar-refractivity contribution in [1.82, 2.24) is 9.88 Å². The average molecular weight is 292 g/mol. The molecule has 0 aliphatic carbocycles. The Morgan fingerprint density at radius 1 is 1.35 bits per heavy atom. The smallest absolute Gasteiger partial charge is 0.151 e. The summed E-state index contributed by atoms with van der Waals surface area (Å²) in [5.74, 6) is 0.620. The number of hydrogen-bond acceptors (Lipinski definition) is 3. The SMILES string of the molecule is Cc1cn(CCNC2CCS(=O)(=O)C2)c2ccccc12. The Balaban J connectivity index is 1.63. The van der Waals surface area contributed by atoms with Gasteiger partial charge in [-0.1, -0.05) is 18.2 Å². The first-order chi connectivity index (χ1) is 9.55. The van der Waals surface area contributed by atoms with E-state index in [1.807, 2.05) is 0 Å². The molecule has 1 atom stereocenters. The van der Waals surface area contributed by atoms with E-state index in [9.17, 15) is 8.42 Å². The lowest BCUT2D eigenvalue weighted by Crippen LogP contribution is -2.32. The van der Waals surface area contributed by atoms with Crippen LogP contribution in [-0.2, 0) is 16.4 Å². The standard InChI is InChI=1S/C15H20N2O2S/c1-12-10-17(15-5-3-2-4-14(12)15)8-7-16-13-6-9-20(18,19)11-13/h2-5,10,13,16H,6-9,11H2,1H3. The van der Waals surface area contributed by atoms with Gasteiger partial charge in [0.05, 0.1) is 11.5 Å². The van der Waals surface area contributed by atoms with Crippen molar-refractivity contribution >= 4 is 20.7 Å². The number of aryl methyl sites for hydroxylation is 1. The van der Waals surface area contributed by atoms with Crippen molar-refractivity contribution in [3.05, 3.63) is 36.0 Å². The average Bonchev–Trinajstić information content (AvgIpc) is 2.92. The van der Waals surface area contributed by atoms with Gasteiger partial charge in [0.1, 0.15) is 0 Å². The minimum absolute atomic E-state index is 0.128. The molecule has 4 nitrogen and oxygen atoms in total. The quantitative estimate of drug-likeness (QED) is 0.933. The molecular formula is C15H20N2O2S. The summed E-state index contributed by atoms with van der Waals surface area (Å²) in [6, 6.07) is 8.50. The third-order valence-corrected chi connectivity index (χ3v) is 5.77. The second-order valence-corrected chi connectivity index (χ2v) is 7.81. The van der Waals surface area contributed by atoms with Crippen LogP contribution in [-0.4, -0.2) is 37.1 Å². The van der Waals surface area contributed by atoms with Gasteiger partial charge in [0.25, 0.3) is 0 Å². The van der Waals surface area contributed by atoms with Gasteiger partial charge in [-0.2, -0.15) is 0 Å². The van der Waals surface area contributed by atoms with Gasteiger partial charge >= 0.3 is 0 Å². The van der Waals surface area contributed by atoms with Crippen molar-refractivity contribution in [2.75, 3.05) is 18.1 Å². The summed E-state index contributed by atoms with van der Waals surface area (Å²) in [4.78, 5) is 0. The van der Waals surface area contributed by atoms with Crippen LogP contribution in [0.2, 0.25) is 0 Å².